The predicted molar refractivity (Wildman–Crippen MR) is 80.9 cm³/mol. The van der Waals surface area contributed by atoms with Crippen LogP contribution in [0.25, 0.3) is 11.5 Å². The molecule has 0 N–H and O–H groups in total. The molecule has 2 heterocycles. The highest BCUT2D eigenvalue weighted by Crippen LogP contribution is 2.19. The molecule has 0 aliphatic heterocycles. The van der Waals surface area contributed by atoms with Crippen LogP contribution in [0.2, 0.25) is 0 Å². The van der Waals surface area contributed by atoms with Crippen molar-refractivity contribution in [2.75, 3.05) is 7.05 Å². The number of rotatable bonds is 5. The molecule has 3 rings (SSSR count). The van der Waals surface area contributed by atoms with Crippen LogP contribution < -0.4 is 0 Å². The Balaban J connectivity index is 1.68. The summed E-state index contributed by atoms with van der Waals surface area (Å²) in [4.78, 5) is 2.09. The molecule has 2 aromatic heterocycles. The smallest absolute Gasteiger partial charge is 0.247 e. The summed E-state index contributed by atoms with van der Waals surface area (Å²) in [6.07, 6.45) is 0. The minimum atomic E-state index is 0.543. The molecule has 0 saturated carbocycles. The molecule has 0 amide bonds. The van der Waals surface area contributed by atoms with Crippen molar-refractivity contribution in [3.8, 4) is 11.5 Å². The lowest BCUT2D eigenvalue weighted by atomic mass is 10.2. The van der Waals surface area contributed by atoms with Crippen molar-refractivity contribution < 1.29 is 8.94 Å². The largest absolute Gasteiger partial charge is 0.419 e. The van der Waals surface area contributed by atoms with Gasteiger partial charge in [0.2, 0.25) is 11.8 Å². The summed E-state index contributed by atoms with van der Waals surface area (Å²) in [5.74, 6) is 1.98. The topological polar surface area (TPSA) is 68.2 Å². The van der Waals surface area contributed by atoms with E-state index in [9.17, 15) is 0 Å². The maximum atomic E-state index is 5.72. The third kappa shape index (κ3) is 3.07. The van der Waals surface area contributed by atoms with Gasteiger partial charge in [-0.3, -0.25) is 4.90 Å². The average molecular weight is 298 g/mol. The van der Waals surface area contributed by atoms with Gasteiger partial charge in [0.1, 0.15) is 5.76 Å². The van der Waals surface area contributed by atoms with E-state index in [1.165, 1.54) is 0 Å². The van der Waals surface area contributed by atoms with E-state index < -0.39 is 0 Å². The predicted octanol–water partition coefficient (Wildman–Crippen LogP) is 2.97. The molecule has 0 aliphatic rings. The van der Waals surface area contributed by atoms with Gasteiger partial charge in [0.15, 0.2) is 0 Å². The van der Waals surface area contributed by atoms with Crippen LogP contribution in [0.3, 0.4) is 0 Å². The third-order valence-corrected chi connectivity index (χ3v) is 3.50. The van der Waals surface area contributed by atoms with Gasteiger partial charge < -0.3 is 8.94 Å². The third-order valence-electron chi connectivity index (χ3n) is 3.50. The minimum Gasteiger partial charge on any atom is -0.419 e. The zero-order chi connectivity index (χ0) is 15.5. The van der Waals surface area contributed by atoms with E-state index in [1.54, 1.807) is 0 Å². The second kappa shape index (κ2) is 6.11. The number of aromatic nitrogens is 3. The van der Waals surface area contributed by atoms with Gasteiger partial charge >= 0.3 is 0 Å². The fourth-order valence-corrected chi connectivity index (χ4v) is 2.30. The number of hydrogen-bond donors (Lipinski definition) is 0. The molecule has 0 aliphatic carbocycles. The molecule has 6 heteroatoms. The molecule has 0 unspecified atom stereocenters. The summed E-state index contributed by atoms with van der Waals surface area (Å²) in [6.45, 7) is 5.16. The van der Waals surface area contributed by atoms with Crippen molar-refractivity contribution in [3.05, 3.63) is 53.2 Å². The number of aryl methyl sites for hydroxylation is 2. The Labute approximate surface area is 128 Å². The molecule has 22 heavy (non-hydrogen) atoms. The molecule has 3 aromatic rings. The molecule has 0 fully saturated rings. The van der Waals surface area contributed by atoms with Gasteiger partial charge in [-0.1, -0.05) is 23.4 Å². The molecule has 0 atom stereocenters. The lowest BCUT2D eigenvalue weighted by molar-refractivity contribution is 0.280. The molecule has 0 radical (unpaired) electrons. The van der Waals surface area contributed by atoms with E-state index in [4.69, 9.17) is 8.94 Å². The SMILES string of the molecule is Cc1noc(C)c1CN(C)Cc1nnc(-c2ccccc2)o1. The van der Waals surface area contributed by atoms with Crippen molar-refractivity contribution in [3.63, 3.8) is 0 Å². The van der Waals surface area contributed by atoms with Crippen LogP contribution >= 0.6 is 0 Å². The maximum Gasteiger partial charge on any atom is 0.247 e. The molecule has 114 valence electrons. The minimum absolute atomic E-state index is 0.543. The second-order valence-electron chi connectivity index (χ2n) is 5.34. The quantitative estimate of drug-likeness (QED) is 0.721. The van der Waals surface area contributed by atoms with Gasteiger partial charge in [-0.2, -0.15) is 0 Å². The fourth-order valence-electron chi connectivity index (χ4n) is 2.30. The number of nitrogens with zero attached hydrogens (tertiary/aromatic N) is 4. The average Bonchev–Trinajstić information content (AvgIpc) is 3.10. The van der Waals surface area contributed by atoms with Crippen molar-refractivity contribution in [2.45, 2.75) is 26.9 Å². The highest BCUT2D eigenvalue weighted by atomic mass is 16.5. The first-order valence-corrected chi connectivity index (χ1v) is 7.11. The Bertz CT molecular complexity index is 729. The van der Waals surface area contributed by atoms with Gasteiger partial charge in [-0.05, 0) is 33.0 Å². The van der Waals surface area contributed by atoms with Gasteiger partial charge in [0.05, 0.1) is 12.2 Å². The normalized spacial score (nSPS) is 11.3. The van der Waals surface area contributed by atoms with Crippen molar-refractivity contribution in [1.82, 2.24) is 20.3 Å². The molecule has 0 bridgehead atoms. The van der Waals surface area contributed by atoms with E-state index in [-0.39, 0.29) is 0 Å². The van der Waals surface area contributed by atoms with Crippen LogP contribution in [0.15, 0.2) is 39.3 Å². The summed E-state index contributed by atoms with van der Waals surface area (Å²) in [6, 6.07) is 9.75. The molecular formula is C16H18N4O2. The van der Waals surface area contributed by atoms with Gasteiger partial charge in [-0.15, -0.1) is 10.2 Å². The molecule has 6 nitrogen and oxygen atoms in total. The van der Waals surface area contributed by atoms with E-state index in [0.29, 0.717) is 18.3 Å². The van der Waals surface area contributed by atoms with Crippen LogP contribution in [0.1, 0.15) is 22.9 Å². The highest BCUT2D eigenvalue weighted by molar-refractivity contribution is 5.51. The lowest BCUT2D eigenvalue weighted by Crippen LogP contribution is -2.18. The zero-order valence-corrected chi connectivity index (χ0v) is 12.9. The summed E-state index contributed by atoms with van der Waals surface area (Å²) in [5, 5.41) is 12.2. The van der Waals surface area contributed by atoms with Crippen molar-refractivity contribution in [2.24, 2.45) is 0 Å². The number of hydrogen-bond acceptors (Lipinski definition) is 6. The summed E-state index contributed by atoms with van der Waals surface area (Å²) < 4.78 is 10.9. The fraction of sp³-hybridized carbons (Fsp3) is 0.312. The molecule has 0 spiro atoms. The van der Waals surface area contributed by atoms with Crippen LogP contribution in [0.4, 0.5) is 0 Å². The zero-order valence-electron chi connectivity index (χ0n) is 12.9. The first-order valence-electron chi connectivity index (χ1n) is 7.11. The van der Waals surface area contributed by atoms with Crippen LogP contribution in [-0.4, -0.2) is 27.3 Å². The van der Waals surface area contributed by atoms with Gasteiger partial charge in [-0.25, -0.2) is 0 Å². The Hall–Kier alpha value is -2.47. The standard InChI is InChI=1S/C16H18N4O2/c1-11-14(12(2)22-19-11)9-20(3)10-15-17-18-16(21-15)13-7-5-4-6-8-13/h4-8H,9-10H2,1-3H3. The van der Waals surface area contributed by atoms with Crippen LogP contribution in [0.5, 0.6) is 0 Å². The lowest BCUT2D eigenvalue weighted by Gasteiger charge is -2.13. The maximum absolute atomic E-state index is 5.72. The van der Waals surface area contributed by atoms with Crippen molar-refractivity contribution >= 4 is 0 Å². The Morgan fingerprint density at radius 2 is 1.82 bits per heavy atom. The van der Waals surface area contributed by atoms with E-state index in [1.807, 2.05) is 51.2 Å². The summed E-state index contributed by atoms with van der Waals surface area (Å²) >= 11 is 0. The Kier molecular flexibility index (Phi) is 4.02. The van der Waals surface area contributed by atoms with Gasteiger partial charge in [0, 0.05) is 17.7 Å². The first kappa shape index (κ1) is 14.5. The Morgan fingerprint density at radius 3 is 2.50 bits per heavy atom. The first-order chi connectivity index (χ1) is 10.6. The number of benzene rings is 1. The summed E-state index contributed by atoms with van der Waals surface area (Å²) in [5.41, 5.74) is 2.94. The Morgan fingerprint density at radius 1 is 1.05 bits per heavy atom. The summed E-state index contributed by atoms with van der Waals surface area (Å²) in [7, 11) is 2.00. The highest BCUT2D eigenvalue weighted by Gasteiger charge is 2.14. The molecular weight excluding hydrogens is 280 g/mol. The molecule has 0 saturated heterocycles. The van der Waals surface area contributed by atoms with Crippen LogP contribution in [0, 0.1) is 13.8 Å². The second-order valence-corrected chi connectivity index (χ2v) is 5.34. The van der Waals surface area contributed by atoms with Crippen molar-refractivity contribution in [1.29, 1.82) is 0 Å². The molecule has 1 aromatic carbocycles. The van der Waals surface area contributed by atoms with E-state index in [2.05, 4.69) is 20.3 Å². The monoisotopic (exact) mass is 298 g/mol. The van der Waals surface area contributed by atoms with Crippen LogP contribution in [-0.2, 0) is 13.1 Å². The van der Waals surface area contributed by atoms with E-state index >= 15 is 0 Å². The van der Waals surface area contributed by atoms with E-state index in [0.717, 1.165) is 29.1 Å². The van der Waals surface area contributed by atoms with Gasteiger partial charge in [0.25, 0.3) is 0 Å².